The lowest BCUT2D eigenvalue weighted by atomic mass is 9.74. The second kappa shape index (κ2) is 6.49. The van der Waals surface area contributed by atoms with Gasteiger partial charge in [-0.1, -0.05) is 20.3 Å². The van der Waals surface area contributed by atoms with E-state index >= 15 is 0 Å². The highest BCUT2D eigenvalue weighted by molar-refractivity contribution is 8.00. The van der Waals surface area contributed by atoms with Gasteiger partial charge < -0.3 is 10.2 Å². The molecule has 3 nitrogen and oxygen atoms in total. The van der Waals surface area contributed by atoms with Crippen LogP contribution in [0.3, 0.4) is 0 Å². The lowest BCUT2D eigenvalue weighted by molar-refractivity contribution is -0.146. The summed E-state index contributed by atoms with van der Waals surface area (Å²) in [5.41, 5.74) is -0.0734. The second-order valence-electron chi connectivity index (χ2n) is 6.10. The Kier molecular flexibility index (Phi) is 5.18. The Balaban J connectivity index is 2.14. The first-order chi connectivity index (χ1) is 9.10. The Morgan fingerprint density at radius 2 is 2.05 bits per heavy atom. The summed E-state index contributed by atoms with van der Waals surface area (Å²) < 4.78 is 0. The summed E-state index contributed by atoms with van der Waals surface area (Å²) in [4.78, 5) is 15.3. The quantitative estimate of drug-likeness (QED) is 0.864. The number of carbonyl (C=O) groups is 1. The third-order valence-electron chi connectivity index (χ3n) is 4.89. The van der Waals surface area contributed by atoms with E-state index in [1.54, 1.807) is 0 Å². The van der Waals surface area contributed by atoms with E-state index in [1.165, 1.54) is 0 Å². The summed E-state index contributed by atoms with van der Waals surface area (Å²) in [5, 5.41) is 3.97. The molecule has 0 bridgehead atoms. The van der Waals surface area contributed by atoms with Crippen LogP contribution in [0.25, 0.3) is 0 Å². The number of rotatable bonds is 3. The zero-order valence-electron chi connectivity index (χ0n) is 12.6. The largest absolute Gasteiger partial charge is 0.338 e. The van der Waals surface area contributed by atoms with Crippen LogP contribution in [0.15, 0.2) is 0 Å². The monoisotopic (exact) mass is 284 g/mol. The first-order valence-electron chi connectivity index (χ1n) is 7.74. The molecule has 1 amide bonds. The molecule has 110 valence electrons. The maximum atomic E-state index is 13.1. The van der Waals surface area contributed by atoms with Gasteiger partial charge in [-0.25, -0.2) is 0 Å². The smallest absolute Gasteiger partial charge is 0.229 e. The van der Waals surface area contributed by atoms with E-state index in [0.29, 0.717) is 17.2 Å². The van der Waals surface area contributed by atoms with Gasteiger partial charge in [-0.2, -0.15) is 11.8 Å². The molecule has 2 atom stereocenters. The van der Waals surface area contributed by atoms with Gasteiger partial charge in [-0.05, 0) is 39.3 Å². The fourth-order valence-corrected chi connectivity index (χ4v) is 4.58. The van der Waals surface area contributed by atoms with Crippen molar-refractivity contribution in [2.45, 2.75) is 57.7 Å². The number of hydrogen-bond acceptors (Lipinski definition) is 3. The molecular formula is C15H28N2OS. The number of piperidine rings is 1. The van der Waals surface area contributed by atoms with Crippen molar-refractivity contribution in [3.8, 4) is 0 Å². The molecule has 0 saturated carbocycles. The normalized spacial score (nSPS) is 31.2. The molecule has 0 aromatic rings. The standard InChI is InChI=1S/C15H28N2OS/c1-4-5-15(6-8-16-9-7-15)14(18)17-10-11-19-13(3)12(17)2/h12-13,16H,4-11H2,1-3H3. The van der Waals surface area contributed by atoms with E-state index in [2.05, 4.69) is 31.0 Å². The molecule has 2 fully saturated rings. The molecule has 2 saturated heterocycles. The molecule has 2 rings (SSSR count). The fourth-order valence-electron chi connectivity index (χ4n) is 3.48. The molecule has 1 N–H and O–H groups in total. The first-order valence-corrected chi connectivity index (χ1v) is 8.79. The van der Waals surface area contributed by atoms with Crippen LogP contribution in [0, 0.1) is 5.41 Å². The van der Waals surface area contributed by atoms with Crippen LogP contribution in [0.1, 0.15) is 46.5 Å². The number of nitrogens with one attached hydrogen (secondary N) is 1. The molecule has 0 aliphatic carbocycles. The minimum absolute atomic E-state index is 0.0734. The minimum atomic E-state index is -0.0734. The third kappa shape index (κ3) is 3.10. The van der Waals surface area contributed by atoms with E-state index in [1.807, 2.05) is 11.8 Å². The van der Waals surface area contributed by atoms with Gasteiger partial charge in [-0.15, -0.1) is 0 Å². The van der Waals surface area contributed by atoms with Gasteiger partial charge in [0, 0.05) is 23.6 Å². The van der Waals surface area contributed by atoms with E-state index < -0.39 is 0 Å². The van der Waals surface area contributed by atoms with Gasteiger partial charge >= 0.3 is 0 Å². The maximum absolute atomic E-state index is 13.1. The minimum Gasteiger partial charge on any atom is -0.338 e. The summed E-state index contributed by atoms with van der Waals surface area (Å²) >= 11 is 2.00. The Bertz CT molecular complexity index is 310. The molecule has 2 aliphatic rings. The van der Waals surface area contributed by atoms with Crippen LogP contribution in [0.4, 0.5) is 0 Å². The van der Waals surface area contributed by atoms with E-state index in [-0.39, 0.29) is 5.41 Å². The summed E-state index contributed by atoms with van der Waals surface area (Å²) in [5.74, 6) is 1.54. The Hall–Kier alpha value is -0.220. The van der Waals surface area contributed by atoms with E-state index in [4.69, 9.17) is 0 Å². The van der Waals surface area contributed by atoms with Gasteiger partial charge in [-0.3, -0.25) is 4.79 Å². The van der Waals surface area contributed by atoms with Gasteiger partial charge in [0.2, 0.25) is 5.91 Å². The number of nitrogens with zero attached hydrogens (tertiary/aromatic N) is 1. The molecule has 2 heterocycles. The number of thioether (sulfide) groups is 1. The molecule has 2 unspecified atom stereocenters. The number of carbonyl (C=O) groups excluding carboxylic acids is 1. The fraction of sp³-hybridized carbons (Fsp3) is 0.933. The molecule has 0 spiro atoms. The average molecular weight is 284 g/mol. The Labute approximate surface area is 121 Å². The highest BCUT2D eigenvalue weighted by Gasteiger charge is 2.43. The van der Waals surface area contributed by atoms with Crippen LogP contribution in [-0.4, -0.2) is 47.5 Å². The predicted molar refractivity (Wildman–Crippen MR) is 82.5 cm³/mol. The summed E-state index contributed by atoms with van der Waals surface area (Å²) in [6, 6.07) is 0.384. The second-order valence-corrected chi connectivity index (χ2v) is 7.58. The van der Waals surface area contributed by atoms with Crippen molar-refractivity contribution < 1.29 is 4.79 Å². The number of amides is 1. The molecule has 0 radical (unpaired) electrons. The Morgan fingerprint density at radius 1 is 1.37 bits per heavy atom. The zero-order valence-corrected chi connectivity index (χ0v) is 13.4. The van der Waals surface area contributed by atoms with E-state index in [9.17, 15) is 4.79 Å². The van der Waals surface area contributed by atoms with Gasteiger partial charge in [0.15, 0.2) is 0 Å². The molecular weight excluding hydrogens is 256 g/mol. The summed E-state index contributed by atoms with van der Waals surface area (Å²) in [7, 11) is 0. The van der Waals surface area contributed by atoms with Crippen molar-refractivity contribution >= 4 is 17.7 Å². The van der Waals surface area contributed by atoms with Crippen molar-refractivity contribution in [1.82, 2.24) is 10.2 Å². The molecule has 0 aromatic heterocycles. The summed E-state index contributed by atoms with van der Waals surface area (Å²) in [6.45, 7) is 9.61. The lowest BCUT2D eigenvalue weighted by Gasteiger charge is -2.45. The SMILES string of the molecule is CCCC1(C(=O)N2CCSC(C)C2C)CCNCC1. The van der Waals surface area contributed by atoms with Crippen molar-refractivity contribution in [1.29, 1.82) is 0 Å². The first kappa shape index (κ1) is 15.2. The van der Waals surface area contributed by atoms with Crippen molar-refractivity contribution in [2.75, 3.05) is 25.4 Å². The molecule has 2 aliphatic heterocycles. The van der Waals surface area contributed by atoms with Gasteiger partial charge in [0.05, 0.1) is 5.41 Å². The molecule has 0 aromatic carbocycles. The highest BCUT2D eigenvalue weighted by atomic mass is 32.2. The third-order valence-corrected chi connectivity index (χ3v) is 6.23. The van der Waals surface area contributed by atoms with Crippen molar-refractivity contribution in [3.05, 3.63) is 0 Å². The predicted octanol–water partition coefficient (Wildman–Crippen LogP) is 2.51. The molecule has 4 heteroatoms. The Morgan fingerprint density at radius 3 is 2.68 bits per heavy atom. The van der Waals surface area contributed by atoms with Crippen LogP contribution in [-0.2, 0) is 4.79 Å². The van der Waals surface area contributed by atoms with E-state index in [0.717, 1.165) is 51.1 Å². The van der Waals surface area contributed by atoms with Crippen LogP contribution in [0.2, 0.25) is 0 Å². The highest BCUT2D eigenvalue weighted by Crippen LogP contribution is 2.38. The van der Waals surface area contributed by atoms with Crippen LogP contribution >= 0.6 is 11.8 Å². The van der Waals surface area contributed by atoms with Crippen molar-refractivity contribution in [2.24, 2.45) is 5.41 Å². The topological polar surface area (TPSA) is 32.3 Å². The lowest BCUT2D eigenvalue weighted by Crippen LogP contribution is -2.55. The maximum Gasteiger partial charge on any atom is 0.229 e. The zero-order chi connectivity index (χ0) is 13.9. The summed E-state index contributed by atoms with van der Waals surface area (Å²) in [6.07, 6.45) is 4.20. The van der Waals surface area contributed by atoms with Gasteiger partial charge in [0.25, 0.3) is 0 Å². The van der Waals surface area contributed by atoms with Crippen LogP contribution < -0.4 is 5.32 Å². The average Bonchev–Trinajstić information content (AvgIpc) is 2.42. The molecule has 19 heavy (non-hydrogen) atoms. The van der Waals surface area contributed by atoms with Crippen LogP contribution in [0.5, 0.6) is 0 Å². The number of hydrogen-bond donors (Lipinski definition) is 1. The van der Waals surface area contributed by atoms with Gasteiger partial charge in [0.1, 0.15) is 0 Å². The van der Waals surface area contributed by atoms with Crippen molar-refractivity contribution in [3.63, 3.8) is 0 Å².